The second kappa shape index (κ2) is 9.53. The Balaban J connectivity index is 4.50. The van der Waals surface area contributed by atoms with E-state index in [1.54, 1.807) is 0 Å². The van der Waals surface area contributed by atoms with Crippen molar-refractivity contribution < 1.29 is 14.4 Å². The third kappa shape index (κ3) is 8.35. The molecule has 0 aliphatic rings. The molecule has 2 N–H and O–H groups in total. The van der Waals surface area contributed by atoms with Gasteiger partial charge in [-0.25, -0.2) is 0 Å². The summed E-state index contributed by atoms with van der Waals surface area (Å²) in [6.07, 6.45) is 3.82. The van der Waals surface area contributed by atoms with Crippen LogP contribution in [0.4, 0.5) is 0 Å². The molecule has 0 saturated heterocycles. The molecule has 5 nitrogen and oxygen atoms in total. The Labute approximate surface area is 115 Å². The van der Waals surface area contributed by atoms with Crippen LogP contribution in [0.25, 0.3) is 0 Å². The van der Waals surface area contributed by atoms with Gasteiger partial charge in [0.25, 0.3) is 0 Å². The first-order valence-electron chi connectivity index (χ1n) is 6.93. The largest absolute Gasteiger partial charge is 0.345 e. The number of nitrogens with one attached hydrogen (secondary N) is 2. The molecule has 0 spiro atoms. The average molecular weight is 270 g/mol. The minimum absolute atomic E-state index is 0.239. The number of hydrogen-bond donors (Lipinski definition) is 2. The smallest absolute Gasteiger partial charge is 0.243 e. The van der Waals surface area contributed by atoms with Gasteiger partial charge in [-0.15, -0.1) is 0 Å². The lowest BCUT2D eigenvalue weighted by atomic mass is 10.0. The van der Waals surface area contributed by atoms with Gasteiger partial charge in [-0.1, -0.05) is 33.6 Å². The predicted molar refractivity (Wildman–Crippen MR) is 74.6 cm³/mol. The van der Waals surface area contributed by atoms with E-state index in [9.17, 15) is 14.4 Å². The highest BCUT2D eigenvalue weighted by molar-refractivity contribution is 5.88. The third-order valence-corrected chi connectivity index (χ3v) is 2.76. The average Bonchev–Trinajstić information content (AvgIpc) is 2.32. The van der Waals surface area contributed by atoms with Crippen LogP contribution in [0.1, 0.15) is 53.4 Å². The molecule has 0 aromatic carbocycles. The van der Waals surface area contributed by atoms with Crippen molar-refractivity contribution in [2.24, 2.45) is 5.92 Å². The van der Waals surface area contributed by atoms with Gasteiger partial charge in [0.1, 0.15) is 12.3 Å². The molecule has 5 heteroatoms. The van der Waals surface area contributed by atoms with Crippen molar-refractivity contribution in [2.45, 2.75) is 65.5 Å². The molecule has 110 valence electrons. The zero-order valence-corrected chi connectivity index (χ0v) is 12.4. The summed E-state index contributed by atoms with van der Waals surface area (Å²) in [6, 6.07) is -1.03. The van der Waals surface area contributed by atoms with Crippen LogP contribution in [0.5, 0.6) is 0 Å². The first-order chi connectivity index (χ1) is 8.90. The number of unbranched alkanes of at least 4 members (excludes halogenated alkanes) is 1. The van der Waals surface area contributed by atoms with Gasteiger partial charge in [0, 0.05) is 6.92 Å². The SMILES string of the molecule is CCCCC(C=O)NC(=O)C(CC(C)C)NC(C)=O. The molecule has 0 aliphatic heterocycles. The summed E-state index contributed by atoms with van der Waals surface area (Å²) in [7, 11) is 0. The van der Waals surface area contributed by atoms with Crippen LogP contribution in [0.15, 0.2) is 0 Å². The Bertz CT molecular complexity index is 303. The standard InChI is InChI=1S/C14H26N2O3/c1-5-6-7-12(9-17)16-14(19)13(8-10(2)3)15-11(4)18/h9-10,12-13H,5-8H2,1-4H3,(H,15,18)(H,16,19). The third-order valence-electron chi connectivity index (χ3n) is 2.76. The highest BCUT2D eigenvalue weighted by Gasteiger charge is 2.22. The highest BCUT2D eigenvalue weighted by atomic mass is 16.2. The van der Waals surface area contributed by atoms with Crippen LogP contribution < -0.4 is 10.6 Å². The van der Waals surface area contributed by atoms with Gasteiger partial charge in [-0.3, -0.25) is 9.59 Å². The Kier molecular flexibility index (Phi) is 8.83. The summed E-state index contributed by atoms with van der Waals surface area (Å²) in [5.74, 6) is -0.234. The van der Waals surface area contributed by atoms with Gasteiger partial charge >= 0.3 is 0 Å². The van der Waals surface area contributed by atoms with Gasteiger partial charge < -0.3 is 15.4 Å². The second-order valence-electron chi connectivity index (χ2n) is 5.28. The molecule has 0 saturated carbocycles. The van der Waals surface area contributed by atoms with Gasteiger partial charge in [0.15, 0.2) is 0 Å². The fourth-order valence-corrected chi connectivity index (χ4v) is 1.83. The molecule has 2 amide bonds. The number of carbonyl (C=O) groups is 3. The van der Waals surface area contributed by atoms with Crippen molar-refractivity contribution in [3.8, 4) is 0 Å². The lowest BCUT2D eigenvalue weighted by Gasteiger charge is -2.21. The molecule has 0 aromatic rings. The van der Waals surface area contributed by atoms with Crippen molar-refractivity contribution in [1.29, 1.82) is 0 Å². The van der Waals surface area contributed by atoms with Crippen molar-refractivity contribution in [3.63, 3.8) is 0 Å². The molecule has 0 aliphatic carbocycles. The minimum atomic E-state index is -0.568. The van der Waals surface area contributed by atoms with Crippen molar-refractivity contribution in [3.05, 3.63) is 0 Å². The van der Waals surface area contributed by atoms with E-state index < -0.39 is 12.1 Å². The van der Waals surface area contributed by atoms with E-state index in [0.29, 0.717) is 12.8 Å². The molecule has 0 bridgehead atoms. The van der Waals surface area contributed by atoms with Crippen LogP contribution in [0.2, 0.25) is 0 Å². The number of rotatable bonds is 9. The van der Waals surface area contributed by atoms with Crippen LogP contribution >= 0.6 is 0 Å². The fraction of sp³-hybridized carbons (Fsp3) is 0.786. The molecule has 0 radical (unpaired) electrons. The molecule has 19 heavy (non-hydrogen) atoms. The molecule has 0 aromatic heterocycles. The van der Waals surface area contributed by atoms with Crippen LogP contribution in [-0.2, 0) is 14.4 Å². The van der Waals surface area contributed by atoms with E-state index >= 15 is 0 Å². The summed E-state index contributed by atoms with van der Waals surface area (Å²) in [6.45, 7) is 7.38. The number of hydrogen-bond acceptors (Lipinski definition) is 3. The summed E-state index contributed by atoms with van der Waals surface area (Å²) in [5, 5.41) is 5.32. The predicted octanol–water partition coefficient (Wildman–Crippen LogP) is 1.41. The summed E-state index contributed by atoms with van der Waals surface area (Å²) < 4.78 is 0. The lowest BCUT2D eigenvalue weighted by molar-refractivity contribution is -0.129. The Morgan fingerprint density at radius 3 is 2.26 bits per heavy atom. The van der Waals surface area contributed by atoms with Gasteiger partial charge in [-0.2, -0.15) is 0 Å². The lowest BCUT2D eigenvalue weighted by Crippen LogP contribution is -2.50. The van der Waals surface area contributed by atoms with Crippen molar-refractivity contribution in [1.82, 2.24) is 10.6 Å². The van der Waals surface area contributed by atoms with E-state index in [1.165, 1.54) is 6.92 Å². The normalized spacial score (nSPS) is 13.7. The van der Waals surface area contributed by atoms with Gasteiger partial charge in [0.2, 0.25) is 11.8 Å². The molecule has 0 fully saturated rings. The molecule has 0 heterocycles. The first-order valence-corrected chi connectivity index (χ1v) is 6.93. The highest BCUT2D eigenvalue weighted by Crippen LogP contribution is 2.06. The van der Waals surface area contributed by atoms with Gasteiger partial charge in [0.05, 0.1) is 6.04 Å². The van der Waals surface area contributed by atoms with Crippen LogP contribution in [0.3, 0.4) is 0 Å². The topological polar surface area (TPSA) is 75.3 Å². The van der Waals surface area contributed by atoms with Crippen molar-refractivity contribution >= 4 is 18.1 Å². The molecular weight excluding hydrogens is 244 g/mol. The number of aldehydes is 1. The van der Waals surface area contributed by atoms with E-state index in [0.717, 1.165) is 19.1 Å². The van der Waals surface area contributed by atoms with Crippen LogP contribution in [-0.4, -0.2) is 30.2 Å². The first kappa shape index (κ1) is 17.6. The maximum atomic E-state index is 12.1. The van der Waals surface area contributed by atoms with Crippen LogP contribution in [0, 0.1) is 5.92 Å². The van der Waals surface area contributed by atoms with E-state index in [-0.39, 0.29) is 17.7 Å². The maximum Gasteiger partial charge on any atom is 0.243 e. The number of carbonyl (C=O) groups excluding carboxylic acids is 3. The zero-order valence-electron chi connectivity index (χ0n) is 12.4. The summed E-state index contributed by atoms with van der Waals surface area (Å²) in [5.41, 5.74) is 0. The molecule has 0 rings (SSSR count). The number of amides is 2. The van der Waals surface area contributed by atoms with Crippen molar-refractivity contribution in [2.75, 3.05) is 0 Å². The Morgan fingerprint density at radius 1 is 1.21 bits per heavy atom. The molecule has 2 atom stereocenters. The summed E-state index contributed by atoms with van der Waals surface area (Å²) in [4.78, 5) is 34.1. The van der Waals surface area contributed by atoms with E-state index in [1.807, 2.05) is 20.8 Å². The quantitative estimate of drug-likeness (QED) is 0.622. The van der Waals surface area contributed by atoms with Gasteiger partial charge in [-0.05, 0) is 18.8 Å². The minimum Gasteiger partial charge on any atom is -0.345 e. The zero-order chi connectivity index (χ0) is 14.8. The Morgan fingerprint density at radius 2 is 1.84 bits per heavy atom. The second-order valence-corrected chi connectivity index (χ2v) is 5.28. The monoisotopic (exact) mass is 270 g/mol. The molecular formula is C14H26N2O3. The van der Waals surface area contributed by atoms with E-state index in [2.05, 4.69) is 10.6 Å². The Hall–Kier alpha value is -1.39. The summed E-state index contributed by atoms with van der Waals surface area (Å²) >= 11 is 0. The molecule has 2 unspecified atom stereocenters. The fourth-order valence-electron chi connectivity index (χ4n) is 1.83. The maximum absolute atomic E-state index is 12.1. The van der Waals surface area contributed by atoms with E-state index in [4.69, 9.17) is 0 Å².